The van der Waals surface area contributed by atoms with E-state index in [4.69, 9.17) is 0 Å². The van der Waals surface area contributed by atoms with Gasteiger partial charge in [0.05, 0.1) is 17.5 Å². The second kappa shape index (κ2) is 9.51. The average Bonchev–Trinajstić information content (AvgIpc) is 3.12. The Morgan fingerprint density at radius 1 is 1.15 bits per heavy atom. The van der Waals surface area contributed by atoms with Crippen LogP contribution >= 0.6 is 11.3 Å². The number of carbonyl (C=O) groups excluding carboxylic acids is 2. The van der Waals surface area contributed by atoms with Crippen molar-refractivity contribution in [3.63, 3.8) is 0 Å². The SMILES string of the molecule is CN(CC(=O)N1CCCCCC1/C=C/c1ccccc1)C(=O)c1cccs1. The molecule has 2 heterocycles. The summed E-state index contributed by atoms with van der Waals surface area (Å²) in [5, 5.41) is 1.88. The molecule has 1 atom stereocenters. The van der Waals surface area contributed by atoms with Crippen LogP contribution in [0.15, 0.2) is 53.9 Å². The van der Waals surface area contributed by atoms with E-state index in [0.29, 0.717) is 4.88 Å². The topological polar surface area (TPSA) is 40.6 Å². The smallest absolute Gasteiger partial charge is 0.264 e. The predicted octanol–water partition coefficient (Wildman–Crippen LogP) is 4.30. The van der Waals surface area contributed by atoms with Gasteiger partial charge in [-0.05, 0) is 29.9 Å². The molecule has 1 aliphatic heterocycles. The summed E-state index contributed by atoms with van der Waals surface area (Å²) in [5.74, 6) is -0.0726. The van der Waals surface area contributed by atoms with E-state index in [1.54, 1.807) is 13.1 Å². The predicted molar refractivity (Wildman–Crippen MR) is 111 cm³/mol. The van der Waals surface area contributed by atoms with Crippen LogP contribution in [-0.2, 0) is 4.79 Å². The van der Waals surface area contributed by atoms with Crippen molar-refractivity contribution in [1.29, 1.82) is 0 Å². The molecule has 1 aliphatic rings. The van der Waals surface area contributed by atoms with Gasteiger partial charge in [-0.15, -0.1) is 11.3 Å². The highest BCUT2D eigenvalue weighted by Crippen LogP contribution is 2.20. The lowest BCUT2D eigenvalue weighted by molar-refractivity contribution is -0.133. The molecule has 4 nitrogen and oxygen atoms in total. The molecular formula is C22H26N2O2S. The monoisotopic (exact) mass is 382 g/mol. The summed E-state index contributed by atoms with van der Waals surface area (Å²) in [6.45, 7) is 0.871. The molecular weight excluding hydrogens is 356 g/mol. The Bertz CT molecular complexity index is 771. The van der Waals surface area contributed by atoms with Crippen molar-refractivity contribution < 1.29 is 9.59 Å². The van der Waals surface area contributed by atoms with Gasteiger partial charge in [-0.2, -0.15) is 0 Å². The van der Waals surface area contributed by atoms with E-state index < -0.39 is 0 Å². The fourth-order valence-electron chi connectivity index (χ4n) is 3.38. The number of hydrogen-bond acceptors (Lipinski definition) is 3. The summed E-state index contributed by atoms with van der Waals surface area (Å²) >= 11 is 1.40. The van der Waals surface area contributed by atoms with Crippen molar-refractivity contribution in [1.82, 2.24) is 9.80 Å². The van der Waals surface area contributed by atoms with E-state index in [2.05, 4.69) is 24.3 Å². The number of likely N-dealkylation sites (tertiary alicyclic amines) is 1. The van der Waals surface area contributed by atoms with Crippen LogP contribution in [0.1, 0.15) is 40.9 Å². The third kappa shape index (κ3) is 5.30. The molecule has 1 fully saturated rings. The molecule has 142 valence electrons. The molecule has 3 rings (SSSR count). The largest absolute Gasteiger partial charge is 0.335 e. The first-order valence-corrected chi connectivity index (χ1v) is 10.3. The van der Waals surface area contributed by atoms with Gasteiger partial charge >= 0.3 is 0 Å². The Balaban J connectivity index is 1.67. The molecule has 1 saturated heterocycles. The standard InChI is InChI=1S/C22H26N2O2S/c1-23(22(26)20-12-8-16-27-20)17-21(25)24-15-7-3-6-11-19(24)14-13-18-9-4-2-5-10-18/h2,4-5,8-10,12-14,16,19H,3,6-7,11,15,17H2,1H3/b14-13+. The Morgan fingerprint density at radius 3 is 2.70 bits per heavy atom. The van der Waals surface area contributed by atoms with Crippen LogP contribution in [0, 0.1) is 0 Å². The first-order valence-electron chi connectivity index (χ1n) is 9.47. The van der Waals surface area contributed by atoms with Crippen molar-refractivity contribution in [2.24, 2.45) is 0 Å². The van der Waals surface area contributed by atoms with E-state index in [1.165, 1.54) is 16.2 Å². The molecule has 1 aromatic carbocycles. The number of carbonyl (C=O) groups is 2. The van der Waals surface area contributed by atoms with Crippen molar-refractivity contribution in [3.8, 4) is 0 Å². The number of amides is 2. The molecule has 0 aliphatic carbocycles. The molecule has 0 spiro atoms. The quantitative estimate of drug-likeness (QED) is 0.773. The van der Waals surface area contributed by atoms with Crippen LogP contribution in [0.4, 0.5) is 0 Å². The molecule has 2 amide bonds. The van der Waals surface area contributed by atoms with E-state index in [-0.39, 0.29) is 24.4 Å². The van der Waals surface area contributed by atoms with Crippen molar-refractivity contribution in [2.45, 2.75) is 31.7 Å². The molecule has 1 aromatic heterocycles. The lowest BCUT2D eigenvalue weighted by atomic mass is 10.1. The van der Waals surface area contributed by atoms with Gasteiger partial charge in [-0.25, -0.2) is 0 Å². The summed E-state index contributed by atoms with van der Waals surface area (Å²) in [6.07, 6.45) is 8.49. The highest BCUT2D eigenvalue weighted by molar-refractivity contribution is 7.12. The van der Waals surface area contributed by atoms with Gasteiger partial charge in [0.2, 0.25) is 5.91 Å². The fraction of sp³-hybridized carbons (Fsp3) is 0.364. The molecule has 0 radical (unpaired) electrons. The molecule has 5 heteroatoms. The average molecular weight is 383 g/mol. The Hall–Kier alpha value is -2.40. The second-order valence-corrected chi connectivity index (χ2v) is 7.86. The Morgan fingerprint density at radius 2 is 1.96 bits per heavy atom. The molecule has 0 saturated carbocycles. The zero-order valence-corrected chi connectivity index (χ0v) is 16.5. The summed E-state index contributed by atoms with van der Waals surface area (Å²) < 4.78 is 0. The minimum Gasteiger partial charge on any atom is -0.335 e. The number of rotatable bonds is 5. The minimum absolute atomic E-state index is 0.0204. The third-order valence-corrected chi connectivity index (χ3v) is 5.74. The van der Waals surface area contributed by atoms with E-state index in [0.717, 1.165) is 37.8 Å². The molecule has 0 bridgehead atoms. The maximum atomic E-state index is 13.0. The fourth-order valence-corrected chi connectivity index (χ4v) is 4.10. The third-order valence-electron chi connectivity index (χ3n) is 4.88. The summed E-state index contributed by atoms with van der Waals surface area (Å²) in [5.41, 5.74) is 1.14. The first-order chi connectivity index (χ1) is 13.1. The maximum Gasteiger partial charge on any atom is 0.264 e. The van der Waals surface area contributed by atoms with Crippen molar-refractivity contribution in [2.75, 3.05) is 20.1 Å². The van der Waals surface area contributed by atoms with Gasteiger partial charge in [-0.3, -0.25) is 9.59 Å². The van der Waals surface area contributed by atoms with E-state index >= 15 is 0 Å². The summed E-state index contributed by atoms with van der Waals surface area (Å²) in [7, 11) is 1.70. The van der Waals surface area contributed by atoms with Gasteiger partial charge in [0, 0.05) is 13.6 Å². The van der Waals surface area contributed by atoms with Gasteiger partial charge in [0.1, 0.15) is 0 Å². The zero-order chi connectivity index (χ0) is 19.1. The Kier molecular flexibility index (Phi) is 6.82. The van der Waals surface area contributed by atoms with Crippen LogP contribution in [0.5, 0.6) is 0 Å². The van der Waals surface area contributed by atoms with Crippen LogP contribution in [-0.4, -0.2) is 47.8 Å². The normalized spacial score (nSPS) is 17.7. The van der Waals surface area contributed by atoms with Crippen LogP contribution in [0.3, 0.4) is 0 Å². The number of thiophene rings is 1. The van der Waals surface area contributed by atoms with E-state index in [1.807, 2.05) is 34.5 Å². The summed E-state index contributed by atoms with van der Waals surface area (Å²) in [4.78, 5) is 29.5. The lowest BCUT2D eigenvalue weighted by Crippen LogP contribution is -2.45. The number of likely N-dealkylation sites (N-methyl/N-ethyl adjacent to an activating group) is 1. The Labute approximate surface area is 165 Å². The second-order valence-electron chi connectivity index (χ2n) is 6.91. The lowest BCUT2D eigenvalue weighted by Gasteiger charge is -2.30. The van der Waals surface area contributed by atoms with E-state index in [9.17, 15) is 9.59 Å². The van der Waals surface area contributed by atoms with Gasteiger partial charge in [0.25, 0.3) is 5.91 Å². The molecule has 27 heavy (non-hydrogen) atoms. The van der Waals surface area contributed by atoms with Crippen LogP contribution in [0.25, 0.3) is 6.08 Å². The zero-order valence-electron chi connectivity index (χ0n) is 15.7. The van der Waals surface area contributed by atoms with Crippen LogP contribution < -0.4 is 0 Å². The van der Waals surface area contributed by atoms with Crippen molar-refractivity contribution in [3.05, 3.63) is 64.4 Å². The van der Waals surface area contributed by atoms with Gasteiger partial charge in [0.15, 0.2) is 0 Å². The minimum atomic E-state index is -0.0930. The molecule has 0 N–H and O–H groups in total. The highest BCUT2D eigenvalue weighted by atomic mass is 32.1. The number of hydrogen-bond donors (Lipinski definition) is 0. The number of nitrogens with zero attached hydrogens (tertiary/aromatic N) is 2. The maximum absolute atomic E-state index is 13.0. The number of benzene rings is 1. The van der Waals surface area contributed by atoms with Crippen molar-refractivity contribution >= 4 is 29.2 Å². The van der Waals surface area contributed by atoms with Gasteiger partial charge < -0.3 is 9.80 Å². The highest BCUT2D eigenvalue weighted by Gasteiger charge is 2.25. The molecule has 1 unspecified atom stereocenters. The van der Waals surface area contributed by atoms with Crippen LogP contribution in [0.2, 0.25) is 0 Å². The summed E-state index contributed by atoms with van der Waals surface area (Å²) in [6, 6.07) is 13.9. The molecule has 2 aromatic rings. The first kappa shape index (κ1) is 19.4. The van der Waals surface area contributed by atoms with Gasteiger partial charge in [-0.1, -0.05) is 61.4 Å².